The minimum Gasteiger partial charge on any atom is -0.395 e. The maximum Gasteiger partial charge on any atom is 0.258 e. The van der Waals surface area contributed by atoms with Crippen LogP contribution in [0.3, 0.4) is 0 Å². The highest BCUT2D eigenvalue weighted by Crippen LogP contribution is 2.15. The molecular weight excluding hydrogens is 280 g/mol. The first-order chi connectivity index (χ1) is 10.6. The first kappa shape index (κ1) is 15.7. The van der Waals surface area contributed by atoms with Gasteiger partial charge in [0.1, 0.15) is 0 Å². The van der Waals surface area contributed by atoms with Crippen LogP contribution in [0.1, 0.15) is 20.7 Å². The van der Waals surface area contributed by atoms with Crippen molar-refractivity contribution in [2.45, 2.75) is 0 Å². The highest BCUT2D eigenvalue weighted by atomic mass is 16.3. The molecule has 114 valence electrons. The zero-order valence-electron chi connectivity index (χ0n) is 12.3. The van der Waals surface area contributed by atoms with E-state index in [2.05, 4.69) is 5.32 Å². The number of para-hydroxylation sites is 1. The monoisotopic (exact) mass is 298 g/mol. The summed E-state index contributed by atoms with van der Waals surface area (Å²) in [6.45, 7) is 0.0576. The molecule has 0 aliphatic carbocycles. The van der Waals surface area contributed by atoms with E-state index >= 15 is 0 Å². The summed E-state index contributed by atoms with van der Waals surface area (Å²) in [4.78, 5) is 25.9. The topological polar surface area (TPSA) is 69.6 Å². The predicted molar refractivity (Wildman–Crippen MR) is 85.0 cm³/mol. The second-order valence-electron chi connectivity index (χ2n) is 4.76. The number of aliphatic hydroxyl groups excluding tert-OH is 1. The Morgan fingerprint density at radius 2 is 1.73 bits per heavy atom. The van der Waals surface area contributed by atoms with Gasteiger partial charge in [-0.25, -0.2) is 0 Å². The van der Waals surface area contributed by atoms with Crippen molar-refractivity contribution >= 4 is 17.5 Å². The molecular formula is C17H18N2O3. The van der Waals surface area contributed by atoms with E-state index in [4.69, 9.17) is 5.11 Å². The molecule has 0 atom stereocenters. The van der Waals surface area contributed by atoms with Crippen LogP contribution < -0.4 is 10.2 Å². The fourth-order valence-electron chi connectivity index (χ4n) is 2.03. The molecule has 2 N–H and O–H groups in total. The number of carbonyl (C=O) groups excluding carboxylic acids is 2. The standard InChI is InChI=1S/C17H18N2O3/c1-19(15-8-3-2-4-9-15)17(22)14-7-5-6-13(12-14)16(21)18-10-11-20/h2-9,12,20H,10-11H2,1H3,(H,18,21). The van der Waals surface area contributed by atoms with E-state index in [1.807, 2.05) is 30.3 Å². The summed E-state index contributed by atoms with van der Waals surface area (Å²) < 4.78 is 0. The lowest BCUT2D eigenvalue weighted by atomic mass is 10.1. The summed E-state index contributed by atoms with van der Waals surface area (Å²) in [5.74, 6) is -0.505. The summed E-state index contributed by atoms with van der Waals surface area (Å²) in [6.07, 6.45) is 0. The molecule has 0 saturated heterocycles. The smallest absolute Gasteiger partial charge is 0.258 e. The van der Waals surface area contributed by atoms with Gasteiger partial charge >= 0.3 is 0 Å². The quantitative estimate of drug-likeness (QED) is 0.882. The SMILES string of the molecule is CN(C(=O)c1cccc(C(=O)NCCO)c1)c1ccccc1. The van der Waals surface area contributed by atoms with E-state index < -0.39 is 0 Å². The molecule has 0 heterocycles. The molecule has 2 rings (SSSR count). The Morgan fingerprint density at radius 3 is 2.41 bits per heavy atom. The van der Waals surface area contributed by atoms with Gasteiger partial charge in [-0.15, -0.1) is 0 Å². The van der Waals surface area contributed by atoms with Crippen molar-refractivity contribution in [1.82, 2.24) is 5.32 Å². The molecule has 0 radical (unpaired) electrons. The molecule has 0 aliphatic rings. The Kier molecular flexibility index (Phi) is 5.27. The van der Waals surface area contributed by atoms with Crippen LogP contribution in [0.25, 0.3) is 0 Å². The number of hydrogen-bond donors (Lipinski definition) is 2. The van der Waals surface area contributed by atoms with Crippen LogP contribution in [-0.4, -0.2) is 37.1 Å². The molecule has 0 unspecified atom stereocenters. The number of benzene rings is 2. The van der Waals surface area contributed by atoms with Crippen molar-refractivity contribution in [3.05, 3.63) is 65.7 Å². The second-order valence-corrected chi connectivity index (χ2v) is 4.76. The van der Waals surface area contributed by atoms with Crippen molar-refractivity contribution in [3.63, 3.8) is 0 Å². The number of amides is 2. The van der Waals surface area contributed by atoms with Gasteiger partial charge in [-0.2, -0.15) is 0 Å². The highest BCUT2D eigenvalue weighted by Gasteiger charge is 2.15. The van der Waals surface area contributed by atoms with Gasteiger partial charge in [0.05, 0.1) is 6.61 Å². The highest BCUT2D eigenvalue weighted by molar-refractivity contribution is 6.07. The molecule has 0 fully saturated rings. The van der Waals surface area contributed by atoms with Gasteiger partial charge in [0.2, 0.25) is 0 Å². The van der Waals surface area contributed by atoms with Gasteiger partial charge in [-0.05, 0) is 30.3 Å². The normalized spacial score (nSPS) is 10.1. The molecule has 22 heavy (non-hydrogen) atoms. The first-order valence-electron chi connectivity index (χ1n) is 6.95. The Hall–Kier alpha value is -2.66. The van der Waals surface area contributed by atoms with Gasteiger partial charge in [0, 0.05) is 30.4 Å². The summed E-state index contributed by atoms with van der Waals surface area (Å²) in [6, 6.07) is 15.8. The third-order valence-corrected chi connectivity index (χ3v) is 3.22. The molecule has 2 aromatic rings. The fraction of sp³-hybridized carbons (Fsp3) is 0.176. The molecule has 0 saturated carbocycles. The summed E-state index contributed by atoms with van der Waals surface area (Å²) in [5.41, 5.74) is 1.60. The summed E-state index contributed by atoms with van der Waals surface area (Å²) >= 11 is 0. The number of anilines is 1. The zero-order chi connectivity index (χ0) is 15.9. The van der Waals surface area contributed by atoms with Gasteiger partial charge in [-0.3, -0.25) is 9.59 Å². The number of aliphatic hydroxyl groups is 1. The van der Waals surface area contributed by atoms with Gasteiger partial charge in [0.15, 0.2) is 0 Å². The van der Waals surface area contributed by atoms with E-state index in [-0.39, 0.29) is 25.0 Å². The molecule has 0 spiro atoms. The number of nitrogens with one attached hydrogen (secondary N) is 1. The lowest BCUT2D eigenvalue weighted by Gasteiger charge is -2.17. The summed E-state index contributed by atoms with van der Waals surface area (Å²) in [5, 5.41) is 11.3. The Morgan fingerprint density at radius 1 is 1.05 bits per heavy atom. The van der Waals surface area contributed by atoms with Gasteiger partial charge in [-0.1, -0.05) is 24.3 Å². The molecule has 2 amide bonds. The van der Waals surface area contributed by atoms with Gasteiger partial charge < -0.3 is 15.3 Å². The molecule has 0 bridgehead atoms. The van der Waals surface area contributed by atoms with Crippen LogP contribution in [0.4, 0.5) is 5.69 Å². The van der Waals surface area contributed by atoms with Crippen molar-refractivity contribution < 1.29 is 14.7 Å². The lowest BCUT2D eigenvalue weighted by Crippen LogP contribution is -2.28. The fourth-order valence-corrected chi connectivity index (χ4v) is 2.03. The van der Waals surface area contributed by atoms with E-state index in [1.54, 1.807) is 31.3 Å². The van der Waals surface area contributed by atoms with Crippen molar-refractivity contribution in [2.24, 2.45) is 0 Å². The van der Waals surface area contributed by atoms with E-state index in [1.165, 1.54) is 4.90 Å². The van der Waals surface area contributed by atoms with Crippen LogP contribution in [-0.2, 0) is 0 Å². The average Bonchev–Trinajstić information content (AvgIpc) is 2.59. The van der Waals surface area contributed by atoms with E-state index in [9.17, 15) is 9.59 Å². The minimum absolute atomic E-state index is 0.124. The van der Waals surface area contributed by atoms with E-state index in [0.717, 1.165) is 5.69 Å². The zero-order valence-corrected chi connectivity index (χ0v) is 12.3. The Labute approximate surface area is 129 Å². The molecule has 0 aromatic heterocycles. The maximum atomic E-state index is 12.5. The molecule has 5 heteroatoms. The van der Waals surface area contributed by atoms with Crippen LogP contribution in [0.5, 0.6) is 0 Å². The maximum absolute atomic E-state index is 12.5. The number of hydrogen-bond acceptors (Lipinski definition) is 3. The average molecular weight is 298 g/mol. The van der Waals surface area contributed by atoms with Crippen molar-refractivity contribution in [3.8, 4) is 0 Å². The van der Waals surface area contributed by atoms with Crippen LogP contribution in [0.2, 0.25) is 0 Å². The minimum atomic E-state index is -0.314. The number of carbonyl (C=O) groups is 2. The van der Waals surface area contributed by atoms with Crippen molar-refractivity contribution in [2.75, 3.05) is 25.1 Å². The lowest BCUT2D eigenvalue weighted by molar-refractivity contribution is 0.0945. The van der Waals surface area contributed by atoms with Crippen LogP contribution >= 0.6 is 0 Å². The van der Waals surface area contributed by atoms with E-state index in [0.29, 0.717) is 11.1 Å². The van der Waals surface area contributed by atoms with Crippen LogP contribution in [0.15, 0.2) is 54.6 Å². The predicted octanol–water partition coefficient (Wildman–Crippen LogP) is 1.69. The largest absolute Gasteiger partial charge is 0.395 e. The molecule has 5 nitrogen and oxygen atoms in total. The van der Waals surface area contributed by atoms with Gasteiger partial charge in [0.25, 0.3) is 11.8 Å². The van der Waals surface area contributed by atoms with Crippen molar-refractivity contribution in [1.29, 1.82) is 0 Å². The Bertz CT molecular complexity index is 656. The Balaban J connectivity index is 2.18. The van der Waals surface area contributed by atoms with Crippen LogP contribution in [0, 0.1) is 0 Å². The third-order valence-electron chi connectivity index (χ3n) is 3.22. The first-order valence-corrected chi connectivity index (χ1v) is 6.95. The molecule has 0 aliphatic heterocycles. The second kappa shape index (κ2) is 7.38. The molecule has 2 aromatic carbocycles. The summed E-state index contributed by atoms with van der Waals surface area (Å²) in [7, 11) is 1.69. The third kappa shape index (κ3) is 3.71. The number of rotatable bonds is 5. The number of nitrogens with zero attached hydrogens (tertiary/aromatic N) is 1.